The molecule has 0 aliphatic heterocycles. The van der Waals surface area contributed by atoms with E-state index in [4.69, 9.17) is 9.57 Å². The van der Waals surface area contributed by atoms with Gasteiger partial charge in [0, 0.05) is 23.5 Å². The van der Waals surface area contributed by atoms with Crippen molar-refractivity contribution in [2.24, 2.45) is 0 Å². The minimum Gasteiger partial charge on any atom is -0.393 e. The van der Waals surface area contributed by atoms with Gasteiger partial charge in [0.05, 0.1) is 6.54 Å². The minimum absolute atomic E-state index is 0.0151. The predicted molar refractivity (Wildman–Crippen MR) is 133 cm³/mol. The van der Waals surface area contributed by atoms with E-state index in [-0.39, 0.29) is 24.0 Å². The number of nitrogens with one attached hydrogen (secondary N) is 1. The molecule has 0 radical (unpaired) electrons. The van der Waals surface area contributed by atoms with Gasteiger partial charge in [0.15, 0.2) is 0 Å². The van der Waals surface area contributed by atoms with Crippen LogP contribution in [-0.2, 0) is 4.84 Å². The Labute approximate surface area is 208 Å². The summed E-state index contributed by atoms with van der Waals surface area (Å²) >= 11 is 0. The number of carbonyl (C=O) groups is 2. The van der Waals surface area contributed by atoms with Crippen LogP contribution in [0.5, 0.6) is 5.75 Å². The molecule has 0 aliphatic rings. The van der Waals surface area contributed by atoms with Gasteiger partial charge in [-0.2, -0.15) is 5.06 Å². The van der Waals surface area contributed by atoms with Crippen molar-refractivity contribution in [3.05, 3.63) is 126 Å². The Balaban J connectivity index is 1.53. The monoisotopic (exact) mass is 485 g/mol. The summed E-state index contributed by atoms with van der Waals surface area (Å²) in [5.74, 6) is -0.356. The Morgan fingerprint density at radius 2 is 1.53 bits per heavy atom. The molecule has 7 nitrogen and oxygen atoms in total. The van der Waals surface area contributed by atoms with Crippen molar-refractivity contribution in [3.8, 4) is 5.75 Å². The quantitative estimate of drug-likeness (QED) is 0.186. The number of rotatable bonds is 7. The highest BCUT2D eigenvalue weighted by molar-refractivity contribution is 5.89. The summed E-state index contributed by atoms with van der Waals surface area (Å²) in [6.07, 6.45) is 0.948. The third-order valence-corrected chi connectivity index (χ3v) is 5.32. The molecule has 0 fully saturated rings. The summed E-state index contributed by atoms with van der Waals surface area (Å²) in [6, 6.07) is 28.2. The van der Waals surface area contributed by atoms with Gasteiger partial charge in [0.1, 0.15) is 11.6 Å². The van der Waals surface area contributed by atoms with Crippen molar-refractivity contribution in [3.63, 3.8) is 0 Å². The average Bonchev–Trinajstić information content (AvgIpc) is 2.91. The van der Waals surface area contributed by atoms with E-state index in [1.165, 1.54) is 12.1 Å². The van der Waals surface area contributed by atoms with E-state index >= 15 is 0 Å². The van der Waals surface area contributed by atoms with Crippen LogP contribution in [0.1, 0.15) is 23.6 Å². The highest BCUT2D eigenvalue weighted by Gasteiger charge is 2.24. The normalized spacial score (nSPS) is 11.2. The number of hydroxylamine groups is 2. The number of pyridine rings is 1. The fourth-order valence-electron chi connectivity index (χ4n) is 3.60. The number of urea groups is 1. The summed E-state index contributed by atoms with van der Waals surface area (Å²) < 4.78 is 18.8. The smallest absolute Gasteiger partial charge is 0.393 e. The van der Waals surface area contributed by atoms with Crippen LogP contribution in [0, 0.1) is 5.82 Å². The molecule has 2 amide bonds. The number of carbonyl (C=O) groups excluding carboxylic acids is 2. The predicted octanol–water partition coefficient (Wildman–Crippen LogP) is 6.41. The number of halogens is 1. The van der Waals surface area contributed by atoms with Crippen LogP contribution in [0.25, 0.3) is 0 Å². The maximum Gasteiger partial charge on any atom is 0.539 e. The van der Waals surface area contributed by atoms with Gasteiger partial charge >= 0.3 is 12.2 Å². The van der Waals surface area contributed by atoms with E-state index in [1.807, 2.05) is 18.2 Å². The SMILES string of the molecule is O=C(Oc1ccccc1)ON(CCC(c1ccc(F)cc1)c1ccccn1)C(=O)Nc1ccccc1. The third kappa shape index (κ3) is 6.89. The van der Waals surface area contributed by atoms with Crippen LogP contribution in [0.15, 0.2) is 109 Å². The van der Waals surface area contributed by atoms with Gasteiger partial charge in [-0.3, -0.25) is 4.98 Å². The Morgan fingerprint density at radius 1 is 0.861 bits per heavy atom. The largest absolute Gasteiger partial charge is 0.539 e. The fourth-order valence-corrected chi connectivity index (χ4v) is 3.60. The minimum atomic E-state index is -1.06. The summed E-state index contributed by atoms with van der Waals surface area (Å²) in [5, 5.41) is 3.63. The molecular formula is C28H24FN3O4. The maximum absolute atomic E-state index is 13.6. The van der Waals surface area contributed by atoms with Gasteiger partial charge in [0.2, 0.25) is 0 Å². The topological polar surface area (TPSA) is 80.8 Å². The molecule has 36 heavy (non-hydrogen) atoms. The molecule has 4 rings (SSSR count). The van der Waals surface area contributed by atoms with Gasteiger partial charge < -0.3 is 14.9 Å². The lowest BCUT2D eigenvalue weighted by atomic mass is 9.92. The molecule has 1 unspecified atom stereocenters. The lowest BCUT2D eigenvalue weighted by Crippen LogP contribution is -2.39. The van der Waals surface area contributed by atoms with Crippen LogP contribution in [0.3, 0.4) is 0 Å². The molecule has 1 aromatic heterocycles. The van der Waals surface area contributed by atoms with Gasteiger partial charge in [0.25, 0.3) is 0 Å². The number of aromatic nitrogens is 1. The molecular weight excluding hydrogens is 461 g/mol. The first-order chi connectivity index (χ1) is 17.6. The Bertz CT molecular complexity index is 1260. The molecule has 3 aromatic carbocycles. The third-order valence-electron chi connectivity index (χ3n) is 5.32. The number of ether oxygens (including phenoxy) is 1. The summed E-state index contributed by atoms with van der Waals surface area (Å²) in [5.41, 5.74) is 2.08. The van der Waals surface area contributed by atoms with Gasteiger partial charge in [-0.15, -0.1) is 0 Å². The summed E-state index contributed by atoms with van der Waals surface area (Å²) in [4.78, 5) is 35.3. The number of hydrogen-bond donors (Lipinski definition) is 1. The summed E-state index contributed by atoms with van der Waals surface area (Å²) in [6.45, 7) is 0.0151. The second-order valence-corrected chi connectivity index (χ2v) is 7.80. The lowest BCUT2D eigenvalue weighted by Gasteiger charge is -2.24. The molecule has 0 bridgehead atoms. The highest BCUT2D eigenvalue weighted by Crippen LogP contribution is 2.27. The fraction of sp³-hybridized carbons (Fsp3) is 0.107. The van der Waals surface area contributed by atoms with E-state index in [1.54, 1.807) is 79.0 Å². The summed E-state index contributed by atoms with van der Waals surface area (Å²) in [7, 11) is 0. The number of hydrogen-bond acceptors (Lipinski definition) is 5. The van der Waals surface area contributed by atoms with E-state index in [2.05, 4.69) is 10.3 Å². The zero-order chi connectivity index (χ0) is 25.2. The maximum atomic E-state index is 13.6. The van der Waals surface area contributed by atoms with Crippen molar-refractivity contribution < 1.29 is 23.6 Å². The molecule has 0 saturated carbocycles. The lowest BCUT2D eigenvalue weighted by molar-refractivity contribution is -0.0740. The molecule has 0 aliphatic carbocycles. The Morgan fingerprint density at radius 3 is 2.19 bits per heavy atom. The van der Waals surface area contributed by atoms with Gasteiger partial charge in [-0.1, -0.05) is 54.6 Å². The number of amides is 2. The highest BCUT2D eigenvalue weighted by atomic mass is 19.1. The Kier molecular flexibility index (Phi) is 8.22. The zero-order valence-electron chi connectivity index (χ0n) is 19.3. The van der Waals surface area contributed by atoms with E-state index in [9.17, 15) is 14.0 Å². The van der Waals surface area contributed by atoms with Crippen molar-refractivity contribution in [1.82, 2.24) is 10.0 Å². The van der Waals surface area contributed by atoms with E-state index < -0.39 is 12.2 Å². The molecule has 0 spiro atoms. The van der Waals surface area contributed by atoms with Crippen LogP contribution in [0.2, 0.25) is 0 Å². The van der Waals surface area contributed by atoms with E-state index in [0.29, 0.717) is 12.1 Å². The van der Waals surface area contributed by atoms with Crippen LogP contribution >= 0.6 is 0 Å². The van der Waals surface area contributed by atoms with Crippen molar-refractivity contribution in [2.45, 2.75) is 12.3 Å². The van der Waals surface area contributed by atoms with Crippen LogP contribution in [0.4, 0.5) is 19.7 Å². The number of benzene rings is 3. The molecule has 0 saturated heterocycles. The van der Waals surface area contributed by atoms with Crippen molar-refractivity contribution >= 4 is 17.9 Å². The van der Waals surface area contributed by atoms with Crippen LogP contribution in [-0.4, -0.2) is 28.8 Å². The van der Waals surface area contributed by atoms with Gasteiger partial charge in [-0.25, -0.2) is 14.0 Å². The zero-order valence-corrected chi connectivity index (χ0v) is 19.3. The first kappa shape index (κ1) is 24.4. The number of nitrogens with zero attached hydrogens (tertiary/aromatic N) is 2. The second kappa shape index (κ2) is 12.1. The molecule has 182 valence electrons. The molecule has 4 aromatic rings. The Hall–Kier alpha value is -4.72. The van der Waals surface area contributed by atoms with Crippen molar-refractivity contribution in [1.29, 1.82) is 0 Å². The second-order valence-electron chi connectivity index (χ2n) is 7.80. The molecule has 8 heteroatoms. The number of anilines is 1. The molecule has 1 atom stereocenters. The number of para-hydroxylation sites is 2. The first-order valence-electron chi connectivity index (χ1n) is 11.3. The molecule has 1 heterocycles. The van der Waals surface area contributed by atoms with Crippen LogP contribution < -0.4 is 10.1 Å². The van der Waals surface area contributed by atoms with Gasteiger partial charge in [-0.05, 0) is 60.5 Å². The molecule has 1 N–H and O–H groups in total. The standard InChI is InChI=1S/C28H24FN3O4/c29-22-16-14-21(15-17-22)25(26-13-7-8-19-30-26)18-20-32(27(33)31-23-9-3-1-4-10-23)36-28(34)35-24-11-5-2-6-12-24/h1-17,19,25H,18,20H2,(H,31,33). The van der Waals surface area contributed by atoms with E-state index in [0.717, 1.165) is 16.3 Å². The van der Waals surface area contributed by atoms with Crippen molar-refractivity contribution in [2.75, 3.05) is 11.9 Å². The average molecular weight is 486 g/mol. The first-order valence-corrected chi connectivity index (χ1v) is 11.3.